The van der Waals surface area contributed by atoms with Crippen LogP contribution in [0.5, 0.6) is 5.75 Å². The zero-order chi connectivity index (χ0) is 13.2. The Labute approximate surface area is 111 Å². The van der Waals surface area contributed by atoms with Crippen molar-refractivity contribution in [1.82, 2.24) is 5.32 Å². The molecule has 0 radical (unpaired) electrons. The van der Waals surface area contributed by atoms with Crippen LogP contribution in [0.2, 0.25) is 0 Å². The number of terminal acetylenes is 1. The zero-order valence-electron chi connectivity index (χ0n) is 11.4. The second kappa shape index (κ2) is 8.60. The van der Waals surface area contributed by atoms with Gasteiger partial charge in [0.1, 0.15) is 5.75 Å². The summed E-state index contributed by atoms with van der Waals surface area (Å²) in [5.41, 5.74) is 1.28. The van der Waals surface area contributed by atoms with E-state index in [9.17, 15) is 0 Å². The van der Waals surface area contributed by atoms with Crippen LogP contribution in [0.15, 0.2) is 24.3 Å². The van der Waals surface area contributed by atoms with Crippen molar-refractivity contribution in [3.8, 4) is 18.1 Å². The van der Waals surface area contributed by atoms with E-state index in [-0.39, 0.29) is 6.10 Å². The fourth-order valence-corrected chi connectivity index (χ4v) is 1.67. The lowest BCUT2D eigenvalue weighted by molar-refractivity contribution is 0.242. The number of hydrogen-bond donors (Lipinski definition) is 1. The van der Waals surface area contributed by atoms with E-state index in [2.05, 4.69) is 23.4 Å². The maximum atomic E-state index is 5.60. The minimum absolute atomic E-state index is 0.227. The Kier molecular flexibility index (Phi) is 6.98. The molecule has 1 rings (SSSR count). The van der Waals surface area contributed by atoms with Gasteiger partial charge in [0.25, 0.3) is 0 Å². The maximum absolute atomic E-state index is 5.60. The number of ether oxygens (including phenoxy) is 1. The second-order valence-corrected chi connectivity index (χ2v) is 4.65. The van der Waals surface area contributed by atoms with E-state index < -0.39 is 0 Å². The average Bonchev–Trinajstić information content (AvgIpc) is 2.35. The largest absolute Gasteiger partial charge is 0.491 e. The van der Waals surface area contributed by atoms with Crippen LogP contribution < -0.4 is 10.1 Å². The lowest BCUT2D eigenvalue weighted by atomic mass is 10.2. The molecule has 0 spiro atoms. The first-order chi connectivity index (χ1) is 8.72. The fraction of sp³-hybridized carbons (Fsp3) is 0.500. The van der Waals surface area contributed by atoms with E-state index in [1.54, 1.807) is 0 Å². The maximum Gasteiger partial charge on any atom is 0.119 e. The Morgan fingerprint density at radius 2 is 1.94 bits per heavy atom. The lowest BCUT2D eigenvalue weighted by Gasteiger charge is -2.10. The summed E-state index contributed by atoms with van der Waals surface area (Å²) >= 11 is 0. The van der Waals surface area contributed by atoms with Gasteiger partial charge in [-0.15, -0.1) is 12.3 Å². The Morgan fingerprint density at radius 3 is 2.56 bits per heavy atom. The van der Waals surface area contributed by atoms with E-state index in [0.29, 0.717) is 0 Å². The summed E-state index contributed by atoms with van der Waals surface area (Å²) in [6.07, 6.45) is 8.54. The van der Waals surface area contributed by atoms with Crippen molar-refractivity contribution in [1.29, 1.82) is 0 Å². The highest BCUT2D eigenvalue weighted by Crippen LogP contribution is 2.13. The van der Waals surface area contributed by atoms with Crippen LogP contribution in [0.4, 0.5) is 0 Å². The smallest absolute Gasteiger partial charge is 0.119 e. The van der Waals surface area contributed by atoms with Gasteiger partial charge in [-0.1, -0.05) is 12.1 Å². The molecular weight excluding hydrogens is 222 g/mol. The van der Waals surface area contributed by atoms with Crippen molar-refractivity contribution in [2.45, 2.75) is 45.8 Å². The predicted octanol–water partition coefficient (Wildman–Crippen LogP) is 3.37. The number of nitrogens with one attached hydrogen (secondary N) is 1. The molecule has 0 heterocycles. The molecule has 0 amide bonds. The van der Waals surface area contributed by atoms with Crippen molar-refractivity contribution in [3.05, 3.63) is 29.8 Å². The van der Waals surface area contributed by atoms with Gasteiger partial charge in [0.05, 0.1) is 6.10 Å². The Balaban J connectivity index is 2.21. The molecule has 0 unspecified atom stereocenters. The van der Waals surface area contributed by atoms with Gasteiger partial charge in [-0.05, 0) is 50.9 Å². The molecule has 1 aromatic carbocycles. The van der Waals surface area contributed by atoms with Gasteiger partial charge in [-0.3, -0.25) is 0 Å². The summed E-state index contributed by atoms with van der Waals surface area (Å²) in [5.74, 6) is 3.59. The van der Waals surface area contributed by atoms with Gasteiger partial charge in [-0.2, -0.15) is 0 Å². The second-order valence-electron chi connectivity index (χ2n) is 4.65. The third-order valence-electron chi connectivity index (χ3n) is 2.55. The molecule has 0 aliphatic heterocycles. The van der Waals surface area contributed by atoms with E-state index in [0.717, 1.165) is 38.1 Å². The highest BCUT2D eigenvalue weighted by atomic mass is 16.5. The summed E-state index contributed by atoms with van der Waals surface area (Å²) in [7, 11) is 0. The average molecular weight is 245 g/mol. The molecule has 18 heavy (non-hydrogen) atoms. The molecule has 2 nitrogen and oxygen atoms in total. The number of rotatable bonds is 8. The Hall–Kier alpha value is -1.46. The molecule has 0 saturated heterocycles. The highest BCUT2D eigenvalue weighted by molar-refractivity contribution is 5.27. The van der Waals surface area contributed by atoms with E-state index in [1.165, 1.54) is 5.56 Å². The van der Waals surface area contributed by atoms with Gasteiger partial charge in [-0.25, -0.2) is 0 Å². The number of hydrogen-bond acceptors (Lipinski definition) is 2. The first-order valence-electron chi connectivity index (χ1n) is 6.62. The third kappa shape index (κ3) is 6.32. The van der Waals surface area contributed by atoms with Crippen molar-refractivity contribution < 1.29 is 4.74 Å². The molecule has 0 atom stereocenters. The van der Waals surface area contributed by atoms with Crippen LogP contribution in [0.25, 0.3) is 0 Å². The van der Waals surface area contributed by atoms with Crippen LogP contribution in [0.1, 0.15) is 38.7 Å². The highest BCUT2D eigenvalue weighted by Gasteiger charge is 1.97. The van der Waals surface area contributed by atoms with Crippen LogP contribution in [0, 0.1) is 12.3 Å². The molecule has 0 aliphatic carbocycles. The minimum atomic E-state index is 0.227. The standard InChI is InChI=1S/C16H23NO/c1-4-5-6-7-12-17-13-15-8-10-16(11-9-15)18-14(2)3/h1,8-11,14,17H,5-7,12-13H2,2-3H3. The summed E-state index contributed by atoms with van der Waals surface area (Å²) in [4.78, 5) is 0. The van der Waals surface area contributed by atoms with Gasteiger partial charge < -0.3 is 10.1 Å². The Morgan fingerprint density at radius 1 is 1.22 bits per heavy atom. The van der Waals surface area contributed by atoms with Crippen LogP contribution >= 0.6 is 0 Å². The molecule has 0 aromatic heterocycles. The van der Waals surface area contributed by atoms with Crippen LogP contribution in [-0.4, -0.2) is 12.6 Å². The summed E-state index contributed by atoms with van der Waals surface area (Å²) in [5, 5.41) is 3.41. The topological polar surface area (TPSA) is 21.3 Å². The van der Waals surface area contributed by atoms with Crippen molar-refractivity contribution >= 4 is 0 Å². The van der Waals surface area contributed by atoms with Crippen molar-refractivity contribution in [2.75, 3.05) is 6.54 Å². The quantitative estimate of drug-likeness (QED) is 0.560. The summed E-state index contributed by atoms with van der Waals surface area (Å²) in [6, 6.07) is 8.25. The molecular formula is C16H23NO. The first kappa shape index (κ1) is 14.6. The molecule has 0 aliphatic rings. The monoisotopic (exact) mass is 245 g/mol. The number of unbranched alkanes of at least 4 members (excludes halogenated alkanes) is 2. The molecule has 98 valence electrons. The van der Waals surface area contributed by atoms with Crippen LogP contribution in [0.3, 0.4) is 0 Å². The summed E-state index contributed by atoms with van der Waals surface area (Å²) < 4.78 is 5.60. The van der Waals surface area contributed by atoms with Gasteiger partial charge in [0, 0.05) is 13.0 Å². The van der Waals surface area contributed by atoms with E-state index >= 15 is 0 Å². The van der Waals surface area contributed by atoms with E-state index in [1.807, 2.05) is 26.0 Å². The normalized spacial score (nSPS) is 10.3. The predicted molar refractivity (Wildman–Crippen MR) is 76.6 cm³/mol. The minimum Gasteiger partial charge on any atom is -0.491 e. The van der Waals surface area contributed by atoms with Crippen molar-refractivity contribution in [2.24, 2.45) is 0 Å². The molecule has 0 fully saturated rings. The molecule has 1 N–H and O–H groups in total. The molecule has 1 aromatic rings. The molecule has 0 bridgehead atoms. The van der Waals surface area contributed by atoms with Crippen molar-refractivity contribution in [3.63, 3.8) is 0 Å². The zero-order valence-corrected chi connectivity index (χ0v) is 11.4. The lowest BCUT2D eigenvalue weighted by Crippen LogP contribution is -2.14. The van der Waals surface area contributed by atoms with Crippen LogP contribution in [-0.2, 0) is 6.54 Å². The van der Waals surface area contributed by atoms with Gasteiger partial charge >= 0.3 is 0 Å². The van der Waals surface area contributed by atoms with Gasteiger partial charge in [0.2, 0.25) is 0 Å². The SMILES string of the molecule is C#CCCCCNCc1ccc(OC(C)C)cc1. The third-order valence-corrected chi connectivity index (χ3v) is 2.55. The summed E-state index contributed by atoms with van der Waals surface area (Å²) in [6.45, 7) is 5.99. The van der Waals surface area contributed by atoms with Gasteiger partial charge in [0.15, 0.2) is 0 Å². The number of benzene rings is 1. The fourth-order valence-electron chi connectivity index (χ4n) is 1.67. The molecule has 0 saturated carbocycles. The molecule has 2 heteroatoms. The van der Waals surface area contributed by atoms with E-state index in [4.69, 9.17) is 11.2 Å². The first-order valence-corrected chi connectivity index (χ1v) is 6.62. The Bertz CT molecular complexity index is 362.